The van der Waals surface area contributed by atoms with Crippen LogP contribution in [0.1, 0.15) is 16.7 Å². The number of carboxylic acids is 1. The van der Waals surface area contributed by atoms with E-state index in [-0.39, 0.29) is 19.0 Å². The average molecular weight is 453 g/mol. The van der Waals surface area contributed by atoms with Gasteiger partial charge in [0.2, 0.25) is 0 Å². The summed E-state index contributed by atoms with van der Waals surface area (Å²) in [5, 5.41) is 9.96. The fourth-order valence-corrected chi connectivity index (χ4v) is 3.57. The second kappa shape index (κ2) is 13.0. The van der Waals surface area contributed by atoms with E-state index in [1.165, 1.54) is 0 Å². The molecule has 0 aliphatic rings. The topological polar surface area (TPSA) is 65.0 Å². The molecule has 0 saturated carbocycles. The van der Waals surface area contributed by atoms with Crippen molar-refractivity contribution in [1.82, 2.24) is 0 Å². The smallest absolute Gasteiger partial charge is 0.335 e. The summed E-state index contributed by atoms with van der Waals surface area (Å²) < 4.78 is 18.0. The van der Waals surface area contributed by atoms with Crippen LogP contribution in [0, 0.1) is 0 Å². The van der Waals surface area contributed by atoms with Crippen molar-refractivity contribution < 1.29 is 24.1 Å². The number of rotatable bonds is 13. The number of ether oxygens (including phenoxy) is 3. The molecule has 0 aliphatic heterocycles. The highest BCUT2D eigenvalue weighted by molar-refractivity contribution is 7.80. The second-order valence-corrected chi connectivity index (χ2v) is 7.70. The van der Waals surface area contributed by atoms with Gasteiger partial charge in [0.15, 0.2) is 6.10 Å². The molecule has 0 aliphatic carbocycles. The van der Waals surface area contributed by atoms with Crippen molar-refractivity contribution in [3.8, 4) is 0 Å². The van der Waals surface area contributed by atoms with E-state index < -0.39 is 24.3 Å². The lowest BCUT2D eigenvalue weighted by Crippen LogP contribution is -2.47. The summed E-state index contributed by atoms with van der Waals surface area (Å²) in [4.78, 5) is 12.2. The van der Waals surface area contributed by atoms with Gasteiger partial charge in [-0.15, -0.1) is 0 Å². The summed E-state index contributed by atoms with van der Waals surface area (Å²) >= 11 is 4.43. The molecule has 3 aromatic rings. The van der Waals surface area contributed by atoms with E-state index in [1.807, 2.05) is 91.0 Å². The third kappa shape index (κ3) is 7.50. The summed E-state index contributed by atoms with van der Waals surface area (Å²) in [6.45, 7) is 0.715. The summed E-state index contributed by atoms with van der Waals surface area (Å²) in [5.74, 6) is -0.820. The maximum Gasteiger partial charge on any atom is 0.335 e. The first-order valence-corrected chi connectivity index (χ1v) is 11.1. The maximum absolute atomic E-state index is 12.2. The zero-order chi connectivity index (χ0) is 22.6. The van der Waals surface area contributed by atoms with Crippen molar-refractivity contribution in [1.29, 1.82) is 0 Å². The Labute approximate surface area is 194 Å². The zero-order valence-corrected chi connectivity index (χ0v) is 18.6. The first-order chi connectivity index (χ1) is 15.7. The Morgan fingerprint density at radius 1 is 0.688 bits per heavy atom. The van der Waals surface area contributed by atoms with E-state index in [0.29, 0.717) is 6.61 Å². The Hall–Kier alpha value is -2.64. The molecule has 168 valence electrons. The predicted molar refractivity (Wildman–Crippen MR) is 127 cm³/mol. The van der Waals surface area contributed by atoms with Crippen LogP contribution in [0.4, 0.5) is 0 Å². The zero-order valence-electron chi connectivity index (χ0n) is 17.7. The third-order valence-corrected chi connectivity index (χ3v) is 5.31. The van der Waals surface area contributed by atoms with Crippen LogP contribution in [-0.4, -0.2) is 35.1 Å². The molecule has 3 rings (SSSR count). The Balaban J connectivity index is 1.76. The van der Waals surface area contributed by atoms with Crippen LogP contribution in [0.3, 0.4) is 0 Å². The minimum absolute atomic E-state index is 0.154. The van der Waals surface area contributed by atoms with E-state index in [4.69, 9.17) is 14.2 Å². The van der Waals surface area contributed by atoms with Gasteiger partial charge >= 0.3 is 5.97 Å². The van der Waals surface area contributed by atoms with Gasteiger partial charge in [-0.1, -0.05) is 91.0 Å². The minimum atomic E-state index is -1.22. The van der Waals surface area contributed by atoms with E-state index in [1.54, 1.807) is 0 Å². The Bertz CT molecular complexity index is 921. The molecule has 0 saturated heterocycles. The maximum atomic E-state index is 12.2. The highest BCUT2D eigenvalue weighted by Gasteiger charge is 2.36. The number of thiol groups is 1. The van der Waals surface area contributed by atoms with Crippen LogP contribution in [-0.2, 0) is 38.8 Å². The molecule has 3 atom stereocenters. The van der Waals surface area contributed by atoms with E-state index in [2.05, 4.69) is 12.6 Å². The van der Waals surface area contributed by atoms with Gasteiger partial charge in [-0.2, -0.15) is 12.6 Å². The lowest BCUT2D eigenvalue weighted by Gasteiger charge is -2.31. The summed E-state index contributed by atoms with van der Waals surface area (Å²) in [6, 6.07) is 28.8. The Morgan fingerprint density at radius 3 is 1.50 bits per heavy atom. The van der Waals surface area contributed by atoms with Crippen LogP contribution >= 0.6 is 12.6 Å². The molecular formula is C26H28O5S. The summed E-state index contributed by atoms with van der Waals surface area (Å²) in [5.41, 5.74) is 2.80. The minimum Gasteiger partial charge on any atom is -0.479 e. The average Bonchev–Trinajstić information content (AvgIpc) is 2.84. The van der Waals surface area contributed by atoms with Gasteiger partial charge in [0, 0.05) is 5.75 Å². The molecule has 5 nitrogen and oxygen atoms in total. The normalized spacial score (nSPS) is 13.9. The van der Waals surface area contributed by atoms with E-state index in [0.717, 1.165) is 16.7 Å². The monoisotopic (exact) mass is 452 g/mol. The lowest BCUT2D eigenvalue weighted by atomic mass is 10.1. The van der Waals surface area contributed by atoms with Crippen molar-refractivity contribution in [2.45, 2.75) is 38.1 Å². The van der Waals surface area contributed by atoms with Gasteiger partial charge in [0.05, 0.1) is 25.9 Å². The largest absolute Gasteiger partial charge is 0.479 e. The number of aliphatic carboxylic acids is 1. The van der Waals surface area contributed by atoms with Gasteiger partial charge in [-0.05, 0) is 16.7 Å². The van der Waals surface area contributed by atoms with E-state index in [9.17, 15) is 9.90 Å². The first-order valence-electron chi connectivity index (χ1n) is 10.5. The van der Waals surface area contributed by atoms with Gasteiger partial charge in [-0.3, -0.25) is 0 Å². The molecule has 0 unspecified atom stereocenters. The fourth-order valence-electron chi connectivity index (χ4n) is 3.25. The van der Waals surface area contributed by atoms with Crippen LogP contribution < -0.4 is 0 Å². The standard InChI is InChI=1S/C26H28O5S/c27-26(28)25(31-18-22-14-8-3-9-15-22)24(30-17-21-12-6-2-7-13-21)23(19-32)29-16-20-10-4-1-5-11-20/h1-15,23-25,32H,16-19H2,(H,27,28)/t23-,24-,25+/m0/s1. The molecule has 1 N–H and O–H groups in total. The fraction of sp³-hybridized carbons (Fsp3) is 0.269. The Morgan fingerprint density at radius 2 is 1.09 bits per heavy atom. The van der Waals surface area contributed by atoms with Crippen molar-refractivity contribution >= 4 is 18.6 Å². The molecular weight excluding hydrogens is 424 g/mol. The molecule has 0 bridgehead atoms. The number of benzene rings is 3. The van der Waals surface area contributed by atoms with Crippen LogP contribution in [0.5, 0.6) is 0 Å². The molecule has 0 spiro atoms. The first kappa shape index (κ1) is 24.0. The summed E-state index contributed by atoms with van der Waals surface area (Å²) in [6.07, 6.45) is -2.65. The molecule has 32 heavy (non-hydrogen) atoms. The molecule has 0 heterocycles. The Kier molecular flexibility index (Phi) is 9.78. The van der Waals surface area contributed by atoms with Gasteiger partial charge in [-0.25, -0.2) is 4.79 Å². The molecule has 3 aromatic carbocycles. The lowest BCUT2D eigenvalue weighted by molar-refractivity contribution is -0.179. The quantitative estimate of drug-likeness (QED) is 0.366. The van der Waals surface area contributed by atoms with Gasteiger partial charge in [0.25, 0.3) is 0 Å². The molecule has 0 fully saturated rings. The van der Waals surface area contributed by atoms with Crippen LogP contribution in [0.2, 0.25) is 0 Å². The molecule has 0 amide bonds. The number of hydrogen-bond donors (Lipinski definition) is 2. The van der Waals surface area contributed by atoms with Crippen molar-refractivity contribution in [2.75, 3.05) is 5.75 Å². The van der Waals surface area contributed by atoms with Crippen LogP contribution in [0.15, 0.2) is 91.0 Å². The van der Waals surface area contributed by atoms with Gasteiger partial charge < -0.3 is 19.3 Å². The number of hydrogen-bond acceptors (Lipinski definition) is 5. The van der Waals surface area contributed by atoms with Crippen LogP contribution in [0.25, 0.3) is 0 Å². The van der Waals surface area contributed by atoms with E-state index >= 15 is 0 Å². The predicted octanol–water partition coefficient (Wildman–Crippen LogP) is 4.76. The second-order valence-electron chi connectivity index (χ2n) is 7.33. The highest BCUT2D eigenvalue weighted by Crippen LogP contribution is 2.20. The van der Waals surface area contributed by atoms with Gasteiger partial charge in [0.1, 0.15) is 6.10 Å². The summed E-state index contributed by atoms with van der Waals surface area (Å²) in [7, 11) is 0. The third-order valence-electron chi connectivity index (χ3n) is 4.95. The number of carbonyl (C=O) groups is 1. The van der Waals surface area contributed by atoms with Crippen molar-refractivity contribution in [2.24, 2.45) is 0 Å². The van der Waals surface area contributed by atoms with Crippen molar-refractivity contribution in [3.05, 3.63) is 108 Å². The number of carboxylic acid groups (broad SMARTS) is 1. The van der Waals surface area contributed by atoms with Crippen molar-refractivity contribution in [3.63, 3.8) is 0 Å². The highest BCUT2D eigenvalue weighted by atomic mass is 32.1. The molecule has 0 aromatic heterocycles. The SMILES string of the molecule is O=C(O)[C@H](OCc1ccccc1)[C@@H](OCc1ccccc1)[C@H](CS)OCc1ccccc1. The molecule has 0 radical (unpaired) electrons. The molecule has 6 heteroatoms.